The van der Waals surface area contributed by atoms with Crippen molar-refractivity contribution < 1.29 is 19.0 Å². The Bertz CT molecular complexity index is 397. The molecule has 0 aliphatic carbocycles. The van der Waals surface area contributed by atoms with Gasteiger partial charge in [0.25, 0.3) is 0 Å². The van der Waals surface area contributed by atoms with Crippen molar-refractivity contribution in [2.24, 2.45) is 0 Å². The van der Waals surface area contributed by atoms with E-state index in [1.54, 1.807) is 6.07 Å². The zero-order valence-electron chi connectivity index (χ0n) is 10.6. The largest absolute Gasteiger partial charge is 0.394 e. The minimum absolute atomic E-state index is 0.254. The Hall–Kier alpha value is -1.04. The fraction of sp³-hybridized carbons (Fsp3) is 0.538. The van der Waals surface area contributed by atoms with Gasteiger partial charge in [-0.2, -0.15) is 0 Å². The van der Waals surface area contributed by atoms with Gasteiger partial charge in [-0.05, 0) is 17.7 Å². The molecule has 0 saturated heterocycles. The van der Waals surface area contributed by atoms with Crippen LogP contribution >= 0.6 is 0 Å². The normalized spacial score (nSPS) is 13.7. The molecule has 0 spiro atoms. The highest BCUT2D eigenvalue weighted by Gasteiger charge is 2.21. The second-order valence-electron chi connectivity index (χ2n) is 4.98. The average Bonchev–Trinajstić information content (AvgIpc) is 2.32. The zero-order valence-corrected chi connectivity index (χ0v) is 10.6. The van der Waals surface area contributed by atoms with Crippen LogP contribution in [0.5, 0.6) is 0 Å². The molecule has 1 atom stereocenters. The summed E-state index contributed by atoms with van der Waals surface area (Å²) >= 11 is 0. The van der Waals surface area contributed by atoms with E-state index in [2.05, 4.69) is 5.32 Å². The molecule has 0 bridgehead atoms. The Balaban J connectivity index is 2.64. The molecular weight excluding hydrogens is 240 g/mol. The number of benzene rings is 1. The van der Waals surface area contributed by atoms with Crippen LogP contribution in [-0.4, -0.2) is 36.0 Å². The van der Waals surface area contributed by atoms with Gasteiger partial charge in [0.05, 0.1) is 12.7 Å². The van der Waals surface area contributed by atoms with Gasteiger partial charge in [0.15, 0.2) is 11.6 Å². The highest BCUT2D eigenvalue weighted by Crippen LogP contribution is 2.23. The van der Waals surface area contributed by atoms with Crippen molar-refractivity contribution in [1.29, 1.82) is 0 Å². The summed E-state index contributed by atoms with van der Waals surface area (Å²) in [4.78, 5) is 0. The third-order valence-electron chi connectivity index (χ3n) is 2.86. The molecule has 18 heavy (non-hydrogen) atoms. The summed E-state index contributed by atoms with van der Waals surface area (Å²) in [6.45, 7) is 4.20. The second-order valence-corrected chi connectivity index (χ2v) is 4.98. The van der Waals surface area contributed by atoms with Gasteiger partial charge in [0.2, 0.25) is 0 Å². The molecule has 1 unspecified atom stereocenters. The first-order valence-corrected chi connectivity index (χ1v) is 5.82. The number of aliphatic hydroxyl groups is 2. The molecule has 1 aromatic carbocycles. The van der Waals surface area contributed by atoms with Crippen LogP contribution in [0.2, 0.25) is 0 Å². The lowest BCUT2D eigenvalue weighted by Crippen LogP contribution is -2.38. The molecule has 102 valence electrons. The Kier molecular flexibility index (Phi) is 5.19. The van der Waals surface area contributed by atoms with Gasteiger partial charge in [-0.1, -0.05) is 19.9 Å². The van der Waals surface area contributed by atoms with Crippen LogP contribution in [0.25, 0.3) is 0 Å². The summed E-state index contributed by atoms with van der Waals surface area (Å²) in [6.07, 6.45) is -0.814. The van der Waals surface area contributed by atoms with Crippen molar-refractivity contribution in [3.05, 3.63) is 35.4 Å². The van der Waals surface area contributed by atoms with E-state index >= 15 is 0 Å². The Labute approximate surface area is 105 Å². The quantitative estimate of drug-likeness (QED) is 0.719. The Morgan fingerprint density at radius 2 is 1.94 bits per heavy atom. The smallest absolute Gasteiger partial charge is 0.159 e. The van der Waals surface area contributed by atoms with E-state index in [1.807, 2.05) is 13.8 Å². The lowest BCUT2D eigenvalue weighted by Gasteiger charge is -2.26. The van der Waals surface area contributed by atoms with Crippen LogP contribution in [0.3, 0.4) is 0 Å². The maximum atomic E-state index is 13.1. The highest BCUT2D eigenvalue weighted by atomic mass is 19.2. The van der Waals surface area contributed by atoms with Crippen molar-refractivity contribution in [3.63, 3.8) is 0 Å². The fourth-order valence-electron chi connectivity index (χ4n) is 1.63. The topological polar surface area (TPSA) is 52.5 Å². The summed E-state index contributed by atoms with van der Waals surface area (Å²) in [5, 5.41) is 20.8. The fourth-order valence-corrected chi connectivity index (χ4v) is 1.63. The van der Waals surface area contributed by atoms with Gasteiger partial charge in [-0.15, -0.1) is 0 Å². The van der Waals surface area contributed by atoms with Gasteiger partial charge in [-0.25, -0.2) is 8.78 Å². The molecule has 0 amide bonds. The first-order valence-electron chi connectivity index (χ1n) is 5.82. The first-order chi connectivity index (χ1) is 8.36. The first kappa shape index (κ1) is 15.0. The van der Waals surface area contributed by atoms with Gasteiger partial charge >= 0.3 is 0 Å². The molecule has 3 nitrogen and oxygen atoms in total. The molecule has 0 fully saturated rings. The Morgan fingerprint density at radius 3 is 2.50 bits per heavy atom. The van der Waals surface area contributed by atoms with E-state index in [1.165, 1.54) is 6.07 Å². The van der Waals surface area contributed by atoms with Crippen molar-refractivity contribution in [1.82, 2.24) is 5.32 Å². The molecule has 0 aliphatic rings. The van der Waals surface area contributed by atoms with Crippen LogP contribution in [0.1, 0.15) is 19.4 Å². The molecule has 0 heterocycles. The van der Waals surface area contributed by atoms with E-state index in [0.29, 0.717) is 12.1 Å². The van der Waals surface area contributed by atoms with Crippen molar-refractivity contribution in [2.75, 3.05) is 19.7 Å². The van der Waals surface area contributed by atoms with E-state index in [4.69, 9.17) is 5.11 Å². The minimum Gasteiger partial charge on any atom is -0.394 e. The van der Waals surface area contributed by atoms with Gasteiger partial charge in [0.1, 0.15) is 0 Å². The molecule has 0 aliphatic heterocycles. The molecule has 0 aromatic heterocycles. The molecule has 0 radical (unpaired) electrons. The van der Waals surface area contributed by atoms with Crippen molar-refractivity contribution in [2.45, 2.75) is 25.4 Å². The lowest BCUT2D eigenvalue weighted by molar-refractivity contribution is 0.0934. The van der Waals surface area contributed by atoms with Gasteiger partial charge < -0.3 is 15.5 Å². The number of hydrogen-bond acceptors (Lipinski definition) is 3. The molecule has 3 N–H and O–H groups in total. The molecular formula is C13H19F2NO2. The van der Waals surface area contributed by atoms with E-state index in [9.17, 15) is 13.9 Å². The minimum atomic E-state index is -0.865. The summed E-state index contributed by atoms with van der Waals surface area (Å²) in [7, 11) is 0. The molecule has 5 heteroatoms. The van der Waals surface area contributed by atoms with Crippen LogP contribution in [-0.2, 0) is 5.41 Å². The predicted molar refractivity (Wildman–Crippen MR) is 65.3 cm³/mol. The van der Waals surface area contributed by atoms with Gasteiger partial charge in [0, 0.05) is 18.5 Å². The van der Waals surface area contributed by atoms with Crippen molar-refractivity contribution in [3.8, 4) is 0 Å². The van der Waals surface area contributed by atoms with Crippen LogP contribution in [0.15, 0.2) is 18.2 Å². The van der Waals surface area contributed by atoms with Crippen molar-refractivity contribution >= 4 is 0 Å². The average molecular weight is 259 g/mol. The molecule has 1 aromatic rings. The third-order valence-corrected chi connectivity index (χ3v) is 2.86. The lowest BCUT2D eigenvalue weighted by atomic mass is 9.84. The maximum Gasteiger partial charge on any atom is 0.159 e. The van der Waals surface area contributed by atoms with Crippen LogP contribution in [0, 0.1) is 11.6 Å². The molecule has 1 rings (SSSR count). The summed E-state index contributed by atoms with van der Waals surface area (Å²) in [5.74, 6) is -1.73. The monoisotopic (exact) mass is 259 g/mol. The number of aliphatic hydroxyl groups excluding tert-OH is 2. The predicted octanol–water partition coefficient (Wildman–Crippen LogP) is 1.19. The van der Waals surface area contributed by atoms with Crippen LogP contribution in [0.4, 0.5) is 8.78 Å². The highest BCUT2D eigenvalue weighted by molar-refractivity contribution is 5.25. The van der Waals surface area contributed by atoms with E-state index in [-0.39, 0.29) is 13.2 Å². The summed E-state index contributed by atoms with van der Waals surface area (Å²) in [6, 6.07) is 3.83. The second kappa shape index (κ2) is 6.22. The Morgan fingerprint density at radius 1 is 1.28 bits per heavy atom. The number of rotatable bonds is 6. The number of nitrogens with one attached hydrogen (secondary N) is 1. The third kappa shape index (κ3) is 4.01. The maximum absolute atomic E-state index is 13.1. The van der Waals surface area contributed by atoms with Gasteiger partial charge in [-0.3, -0.25) is 0 Å². The van der Waals surface area contributed by atoms with Crippen LogP contribution < -0.4 is 5.32 Å². The zero-order chi connectivity index (χ0) is 13.8. The SMILES string of the molecule is CC(C)(CNCC(O)CO)c1ccc(F)c(F)c1. The summed E-state index contributed by atoms with van der Waals surface area (Å²) in [5.41, 5.74) is 0.274. The number of halogens is 2. The van der Waals surface area contributed by atoms with E-state index < -0.39 is 23.2 Å². The standard InChI is InChI=1S/C13H19F2NO2/c1-13(2,8-16-6-10(18)7-17)9-3-4-11(14)12(15)5-9/h3-5,10,16-18H,6-8H2,1-2H3. The van der Waals surface area contributed by atoms with E-state index in [0.717, 1.165) is 6.07 Å². The number of hydrogen-bond donors (Lipinski definition) is 3. The summed E-state index contributed by atoms with van der Waals surface area (Å²) < 4.78 is 26.0. The molecule has 0 saturated carbocycles.